The van der Waals surface area contributed by atoms with Gasteiger partial charge >= 0.3 is 0 Å². The summed E-state index contributed by atoms with van der Waals surface area (Å²) in [5, 5.41) is 3.40. The molecule has 11 heteroatoms. The van der Waals surface area contributed by atoms with Crippen molar-refractivity contribution in [3.05, 3.63) is 75.5 Å². The molecule has 3 aliphatic rings. The maximum absolute atomic E-state index is 14.3. The molecule has 4 heterocycles. The molecule has 0 aliphatic carbocycles. The molecule has 0 saturated carbocycles. The van der Waals surface area contributed by atoms with Crippen LogP contribution in [0.25, 0.3) is 0 Å². The number of carbonyl (C=O) groups excluding carboxylic acids is 3. The Morgan fingerprint density at radius 3 is 2.75 bits per heavy atom. The van der Waals surface area contributed by atoms with Crippen molar-refractivity contribution in [2.75, 3.05) is 50.0 Å². The average molecular weight is 563 g/mol. The lowest BCUT2D eigenvalue weighted by molar-refractivity contribution is -0.134. The van der Waals surface area contributed by atoms with Crippen LogP contribution in [-0.4, -0.2) is 83.2 Å². The van der Waals surface area contributed by atoms with Crippen LogP contribution in [0.5, 0.6) is 0 Å². The van der Waals surface area contributed by atoms with Gasteiger partial charge in [0.2, 0.25) is 5.91 Å². The van der Waals surface area contributed by atoms with Gasteiger partial charge in [-0.05, 0) is 43.8 Å². The van der Waals surface area contributed by atoms with Crippen molar-refractivity contribution in [2.24, 2.45) is 0 Å². The predicted octanol–water partition coefficient (Wildman–Crippen LogP) is 3.22. The highest BCUT2D eigenvalue weighted by Gasteiger charge is 2.34. The van der Waals surface area contributed by atoms with E-state index in [-0.39, 0.29) is 30.0 Å². The molecule has 1 aromatic heterocycles. The third-order valence-corrected chi connectivity index (χ3v) is 8.85. The number of hydrogen-bond acceptors (Lipinski definition) is 7. The van der Waals surface area contributed by atoms with Crippen molar-refractivity contribution in [1.29, 1.82) is 0 Å². The number of likely N-dealkylation sites (N-methyl/N-ethyl adjacent to an activating group) is 1. The van der Waals surface area contributed by atoms with Gasteiger partial charge in [-0.2, -0.15) is 0 Å². The van der Waals surface area contributed by atoms with E-state index >= 15 is 0 Å². The first-order valence-corrected chi connectivity index (χ1v) is 14.3. The summed E-state index contributed by atoms with van der Waals surface area (Å²) < 4.78 is 14.3. The van der Waals surface area contributed by atoms with E-state index in [2.05, 4.69) is 22.2 Å². The summed E-state index contributed by atoms with van der Waals surface area (Å²) in [6.07, 6.45) is 0.836. The number of halogens is 1. The zero-order valence-corrected chi connectivity index (χ0v) is 23.3. The van der Waals surface area contributed by atoms with Gasteiger partial charge in [0, 0.05) is 67.9 Å². The van der Waals surface area contributed by atoms with Crippen molar-refractivity contribution in [2.45, 2.75) is 32.5 Å². The van der Waals surface area contributed by atoms with Crippen LogP contribution in [-0.2, 0) is 24.3 Å². The van der Waals surface area contributed by atoms with E-state index in [1.54, 1.807) is 21.9 Å². The second-order valence-corrected chi connectivity index (χ2v) is 11.8. The number of nitrogens with zero attached hydrogens (tertiary/aromatic N) is 5. The maximum Gasteiger partial charge on any atom is 0.259 e. The van der Waals surface area contributed by atoms with Gasteiger partial charge in [0.25, 0.3) is 11.8 Å². The largest absolute Gasteiger partial charge is 0.367 e. The molecular weight excluding hydrogens is 531 g/mol. The number of carbonyl (C=O) groups is 3. The van der Waals surface area contributed by atoms with E-state index in [4.69, 9.17) is 0 Å². The zero-order chi connectivity index (χ0) is 28.0. The lowest BCUT2D eigenvalue weighted by atomic mass is 10.1. The first-order valence-electron chi connectivity index (χ1n) is 13.5. The molecule has 1 atom stereocenters. The number of rotatable bonds is 5. The standard InChI is InChI=1S/C29H31FN6O3S/c1-18-14-34(11-12-36(18)26(37)17-35-15-19-5-3-4-6-21(19)28(35)39)24-8-7-20(30)13-22(24)27(38)32-29-31-23-9-10-33(2)16-25(23)40-29/h3-8,13,18H,9-12,14-17H2,1-2H3,(H,31,32,38)/t18-/m0/s1. The highest BCUT2D eigenvalue weighted by molar-refractivity contribution is 7.15. The summed E-state index contributed by atoms with van der Waals surface area (Å²) in [5.41, 5.74) is 3.44. The van der Waals surface area contributed by atoms with Gasteiger partial charge in [-0.3, -0.25) is 19.7 Å². The van der Waals surface area contributed by atoms with Crippen LogP contribution >= 0.6 is 11.3 Å². The number of piperazine rings is 1. The fourth-order valence-electron chi connectivity index (χ4n) is 5.75. The van der Waals surface area contributed by atoms with Crippen molar-refractivity contribution < 1.29 is 18.8 Å². The molecule has 0 spiro atoms. The number of benzene rings is 2. The molecule has 1 saturated heterocycles. The number of amides is 3. The third-order valence-electron chi connectivity index (χ3n) is 7.86. The molecule has 1 N–H and O–H groups in total. The Labute approximate surface area is 236 Å². The van der Waals surface area contributed by atoms with E-state index in [0.717, 1.165) is 35.6 Å². The normalized spacial score (nSPS) is 19.0. The fraction of sp³-hybridized carbons (Fsp3) is 0.379. The van der Waals surface area contributed by atoms with E-state index in [9.17, 15) is 18.8 Å². The van der Waals surface area contributed by atoms with Crippen LogP contribution in [0, 0.1) is 5.82 Å². The smallest absolute Gasteiger partial charge is 0.259 e. The summed E-state index contributed by atoms with van der Waals surface area (Å²) >= 11 is 1.46. The maximum atomic E-state index is 14.3. The van der Waals surface area contributed by atoms with Crippen LogP contribution in [0.15, 0.2) is 42.5 Å². The van der Waals surface area contributed by atoms with Gasteiger partial charge in [0.1, 0.15) is 12.4 Å². The van der Waals surface area contributed by atoms with Crippen molar-refractivity contribution >= 4 is 39.9 Å². The lowest BCUT2D eigenvalue weighted by Gasteiger charge is -2.42. The molecule has 3 aromatic rings. The first-order chi connectivity index (χ1) is 19.3. The van der Waals surface area contributed by atoms with E-state index in [1.807, 2.05) is 30.0 Å². The van der Waals surface area contributed by atoms with Gasteiger partial charge < -0.3 is 19.6 Å². The fourth-order valence-corrected chi connectivity index (χ4v) is 6.83. The Kier molecular flexibility index (Phi) is 7.01. The number of hydrogen-bond donors (Lipinski definition) is 1. The summed E-state index contributed by atoms with van der Waals surface area (Å²) in [6.45, 7) is 5.51. The van der Waals surface area contributed by atoms with Gasteiger partial charge in [0.05, 0.1) is 11.3 Å². The van der Waals surface area contributed by atoms with E-state index in [1.165, 1.54) is 23.5 Å². The Morgan fingerprint density at radius 2 is 1.95 bits per heavy atom. The number of thiazole rings is 1. The van der Waals surface area contributed by atoms with Gasteiger partial charge in [-0.1, -0.05) is 18.2 Å². The number of anilines is 2. The Hall–Kier alpha value is -3.83. The molecule has 40 heavy (non-hydrogen) atoms. The third kappa shape index (κ3) is 5.06. The molecule has 3 aliphatic heterocycles. The lowest BCUT2D eigenvalue weighted by Crippen LogP contribution is -2.56. The molecule has 6 rings (SSSR count). The second kappa shape index (κ2) is 10.6. The second-order valence-electron chi connectivity index (χ2n) is 10.7. The van der Waals surface area contributed by atoms with Crippen molar-refractivity contribution in [3.63, 3.8) is 0 Å². The minimum atomic E-state index is -0.493. The topological polar surface area (TPSA) is 89.1 Å². The molecule has 1 fully saturated rings. The van der Waals surface area contributed by atoms with E-state index in [0.29, 0.717) is 42.6 Å². The Balaban J connectivity index is 1.12. The molecule has 0 radical (unpaired) electrons. The Morgan fingerprint density at radius 1 is 1.12 bits per heavy atom. The monoisotopic (exact) mass is 562 g/mol. The number of nitrogens with one attached hydrogen (secondary N) is 1. The highest BCUT2D eigenvalue weighted by Crippen LogP contribution is 2.30. The Bertz CT molecular complexity index is 1490. The zero-order valence-electron chi connectivity index (χ0n) is 22.5. The van der Waals surface area contributed by atoms with Crippen LogP contribution in [0.4, 0.5) is 15.2 Å². The van der Waals surface area contributed by atoms with Crippen LogP contribution < -0.4 is 10.2 Å². The van der Waals surface area contributed by atoms with Crippen molar-refractivity contribution in [3.8, 4) is 0 Å². The minimum absolute atomic E-state index is 0.0235. The van der Waals surface area contributed by atoms with Gasteiger partial charge in [-0.25, -0.2) is 9.37 Å². The van der Waals surface area contributed by atoms with Crippen molar-refractivity contribution in [1.82, 2.24) is 19.7 Å². The quantitative estimate of drug-likeness (QED) is 0.514. The van der Waals surface area contributed by atoms with Gasteiger partial charge in [-0.15, -0.1) is 11.3 Å². The molecule has 2 aromatic carbocycles. The highest BCUT2D eigenvalue weighted by atomic mass is 32.1. The van der Waals surface area contributed by atoms with Crippen LogP contribution in [0.1, 0.15) is 43.8 Å². The summed E-state index contributed by atoms with van der Waals surface area (Å²) in [5.74, 6) is -1.13. The van der Waals surface area contributed by atoms with Crippen LogP contribution in [0.2, 0.25) is 0 Å². The number of fused-ring (bicyclic) bond motifs is 2. The minimum Gasteiger partial charge on any atom is -0.367 e. The molecule has 0 unspecified atom stereocenters. The van der Waals surface area contributed by atoms with Crippen LogP contribution in [0.3, 0.4) is 0 Å². The average Bonchev–Trinajstić information content (AvgIpc) is 3.47. The predicted molar refractivity (Wildman–Crippen MR) is 151 cm³/mol. The SMILES string of the molecule is C[C@H]1CN(c2ccc(F)cc2C(=O)Nc2nc3c(s2)CN(C)CC3)CCN1C(=O)CN1Cc2ccccc2C1=O. The summed E-state index contributed by atoms with van der Waals surface area (Å²) in [4.78, 5) is 52.6. The molecule has 3 amide bonds. The molecule has 208 valence electrons. The molecule has 9 nitrogen and oxygen atoms in total. The molecule has 0 bridgehead atoms. The summed E-state index contributed by atoms with van der Waals surface area (Å²) in [7, 11) is 2.05. The number of aromatic nitrogens is 1. The summed E-state index contributed by atoms with van der Waals surface area (Å²) in [6, 6.07) is 11.5. The van der Waals surface area contributed by atoms with E-state index < -0.39 is 11.7 Å². The van der Waals surface area contributed by atoms with Gasteiger partial charge in [0.15, 0.2) is 5.13 Å². The molecular formula is C29H31FN6O3S. The first kappa shape index (κ1) is 26.4.